The zero-order valence-corrected chi connectivity index (χ0v) is 31.6. The van der Waals surface area contributed by atoms with Crippen LogP contribution in [-0.4, -0.2) is 115 Å². The highest BCUT2D eigenvalue weighted by Gasteiger charge is 2.35. The number of aromatic nitrogens is 2. The molecule has 1 aliphatic heterocycles. The number of nitriles is 2. The van der Waals surface area contributed by atoms with E-state index >= 15 is 0 Å². The van der Waals surface area contributed by atoms with E-state index in [-0.39, 0.29) is 66.6 Å². The number of hydrogen-bond acceptors (Lipinski definition) is 11. The molecule has 1 fully saturated rings. The molecule has 5 N–H and O–H groups in total. The number of nitrogen functional groups attached to an aromatic ring is 2. The van der Waals surface area contributed by atoms with Crippen LogP contribution in [0.3, 0.4) is 0 Å². The van der Waals surface area contributed by atoms with E-state index in [1.165, 1.54) is 9.80 Å². The Morgan fingerprint density at radius 1 is 0.852 bits per heavy atom. The normalized spacial score (nSPS) is 14.6. The van der Waals surface area contributed by atoms with Crippen molar-refractivity contribution in [1.82, 2.24) is 25.1 Å². The largest absolute Gasteiger partial charge is 0.484 e. The number of amides is 3. The second-order valence-corrected chi connectivity index (χ2v) is 13.9. The molecule has 2 aromatic carbocycles. The molecule has 0 bridgehead atoms. The first-order valence-electron chi connectivity index (χ1n) is 17.8. The molecule has 2 heterocycles. The van der Waals surface area contributed by atoms with Gasteiger partial charge in [-0.3, -0.25) is 14.4 Å². The predicted octanol–water partition coefficient (Wildman–Crippen LogP) is 2.99. The summed E-state index contributed by atoms with van der Waals surface area (Å²) in [7, 11) is 3.12. The molecule has 0 aliphatic carbocycles. The van der Waals surface area contributed by atoms with Crippen LogP contribution in [0.2, 0.25) is 5.15 Å². The zero-order valence-electron chi connectivity index (χ0n) is 30.8. The molecule has 286 valence electrons. The van der Waals surface area contributed by atoms with Gasteiger partial charge in [0.05, 0.1) is 44.4 Å². The first-order chi connectivity index (χ1) is 25.9. The molecular weight excluding hydrogens is 712 g/mol. The fourth-order valence-corrected chi connectivity index (χ4v) is 6.59. The van der Waals surface area contributed by atoms with Gasteiger partial charge in [0.2, 0.25) is 0 Å². The molecule has 15 nitrogen and oxygen atoms in total. The third kappa shape index (κ3) is 12.2. The maximum atomic E-state index is 13.3. The van der Waals surface area contributed by atoms with Crippen LogP contribution >= 0.6 is 11.6 Å². The number of nitrogens with zero attached hydrogens (tertiary/aromatic N) is 7. The summed E-state index contributed by atoms with van der Waals surface area (Å²) >= 11 is 6.05. The smallest absolute Gasteiger partial charge is 0.274 e. The second-order valence-electron chi connectivity index (χ2n) is 13.5. The molecule has 16 heteroatoms. The molecule has 1 saturated heterocycles. The monoisotopic (exact) mass is 759 g/mol. The van der Waals surface area contributed by atoms with Gasteiger partial charge in [0, 0.05) is 26.9 Å². The Morgan fingerprint density at radius 2 is 1.35 bits per heavy atom. The van der Waals surface area contributed by atoms with Gasteiger partial charge in [0.1, 0.15) is 24.6 Å². The van der Waals surface area contributed by atoms with E-state index in [2.05, 4.69) is 15.3 Å². The van der Waals surface area contributed by atoms with Crippen molar-refractivity contribution in [3.63, 3.8) is 0 Å². The van der Waals surface area contributed by atoms with Crippen LogP contribution in [-0.2, 0) is 22.4 Å². The average Bonchev–Trinajstić information content (AvgIpc) is 3.15. The Hall–Kier alpha value is -5.64. The van der Waals surface area contributed by atoms with Gasteiger partial charge in [-0.1, -0.05) is 35.9 Å². The van der Waals surface area contributed by atoms with Crippen molar-refractivity contribution < 1.29 is 28.3 Å². The third-order valence-electron chi connectivity index (χ3n) is 9.48. The molecule has 0 unspecified atom stereocenters. The number of rotatable bonds is 18. The molecule has 1 aliphatic rings. The number of nitrogens with one attached hydrogen (secondary N) is 1. The number of hydrogen-bond donors (Lipinski definition) is 3. The Morgan fingerprint density at radius 3 is 1.83 bits per heavy atom. The van der Waals surface area contributed by atoms with Gasteiger partial charge in [-0.25, -0.2) is 9.97 Å². The molecule has 4 rings (SSSR count). The lowest BCUT2D eigenvalue weighted by Crippen LogP contribution is -2.60. The first-order valence-corrected chi connectivity index (χ1v) is 18.2. The first kappa shape index (κ1) is 41.1. The van der Waals surface area contributed by atoms with Crippen molar-refractivity contribution in [3.05, 3.63) is 70.5 Å². The van der Waals surface area contributed by atoms with Gasteiger partial charge in [-0.05, 0) is 61.1 Å². The minimum Gasteiger partial charge on any atom is -0.484 e. The molecule has 0 spiro atoms. The van der Waals surface area contributed by atoms with Crippen LogP contribution in [0.25, 0.3) is 0 Å². The number of quaternary nitrogens is 1. The van der Waals surface area contributed by atoms with Crippen molar-refractivity contribution in [3.8, 4) is 23.6 Å². The fraction of sp³-hybridized carbons (Fsp3) is 0.447. The van der Waals surface area contributed by atoms with Gasteiger partial charge in [-0.15, -0.1) is 0 Å². The van der Waals surface area contributed by atoms with E-state index in [1.54, 1.807) is 14.1 Å². The maximum Gasteiger partial charge on any atom is 0.274 e. The molecule has 1 atom stereocenters. The van der Waals surface area contributed by atoms with Gasteiger partial charge in [0.15, 0.2) is 35.7 Å². The van der Waals surface area contributed by atoms with Gasteiger partial charge < -0.3 is 40.5 Å². The summed E-state index contributed by atoms with van der Waals surface area (Å²) in [6.45, 7) is 3.26. The summed E-state index contributed by atoms with van der Waals surface area (Å²) in [6, 6.07) is 19.2. The predicted molar refractivity (Wildman–Crippen MR) is 203 cm³/mol. The highest BCUT2D eigenvalue weighted by atomic mass is 35.5. The number of carbonyl (C=O) groups excluding carboxylic acids is 3. The highest BCUT2D eigenvalue weighted by molar-refractivity contribution is 6.31. The van der Waals surface area contributed by atoms with Gasteiger partial charge in [-0.2, -0.15) is 10.5 Å². The van der Waals surface area contributed by atoms with Crippen molar-refractivity contribution in [2.24, 2.45) is 0 Å². The van der Waals surface area contributed by atoms with Crippen molar-refractivity contribution >= 4 is 41.0 Å². The minimum absolute atomic E-state index is 0.00616. The van der Waals surface area contributed by atoms with Crippen molar-refractivity contribution in [2.75, 3.05) is 78.0 Å². The lowest BCUT2D eigenvalue weighted by Gasteiger charge is -2.45. The summed E-state index contributed by atoms with van der Waals surface area (Å²) in [5.41, 5.74) is 13.9. The Balaban J connectivity index is 1.37. The molecular formula is C38H48ClN10O5+. The average molecular weight is 760 g/mol. The highest BCUT2D eigenvalue weighted by Crippen LogP contribution is 2.25. The topological polar surface area (TPSA) is 214 Å². The van der Waals surface area contributed by atoms with Crippen LogP contribution in [0.5, 0.6) is 11.5 Å². The summed E-state index contributed by atoms with van der Waals surface area (Å²) in [5.74, 6) is 0.0849. The molecule has 0 saturated carbocycles. The van der Waals surface area contributed by atoms with E-state index in [9.17, 15) is 14.4 Å². The zero-order chi connectivity index (χ0) is 39.1. The molecule has 3 amide bonds. The second kappa shape index (κ2) is 20.0. The number of anilines is 2. The van der Waals surface area contributed by atoms with Crippen molar-refractivity contribution in [2.45, 2.75) is 44.6 Å². The van der Waals surface area contributed by atoms with E-state index in [1.807, 2.05) is 60.7 Å². The Kier molecular flexibility index (Phi) is 15.2. The van der Waals surface area contributed by atoms with E-state index in [0.717, 1.165) is 80.3 Å². The molecule has 3 aromatic rings. The minimum atomic E-state index is -0.437. The van der Waals surface area contributed by atoms with Crippen LogP contribution in [0.4, 0.5) is 11.6 Å². The van der Waals surface area contributed by atoms with Gasteiger partial charge in [0.25, 0.3) is 17.7 Å². The number of aryl methyl sites for hydroxylation is 2. The maximum absolute atomic E-state index is 13.3. The number of benzene rings is 2. The van der Waals surface area contributed by atoms with Crippen LogP contribution in [0.1, 0.15) is 47.3 Å². The van der Waals surface area contributed by atoms with E-state index in [4.69, 9.17) is 43.1 Å². The SMILES string of the molecule is CN(CC#N)C(=O)COc1ccc(CCC[N+]2(CCCc3ccc(OCC(=O)N(C)CC#N)cc3)CCC[C@H](NC(=O)c3nc(Cl)c(N)nc3N)C2)cc1. The van der Waals surface area contributed by atoms with E-state index in [0.29, 0.717) is 11.5 Å². The third-order valence-corrected chi connectivity index (χ3v) is 9.76. The summed E-state index contributed by atoms with van der Waals surface area (Å²) in [4.78, 5) is 48.2. The quantitative estimate of drug-likeness (QED) is 0.127. The van der Waals surface area contributed by atoms with Crippen LogP contribution in [0.15, 0.2) is 48.5 Å². The van der Waals surface area contributed by atoms with Crippen LogP contribution in [0, 0.1) is 22.7 Å². The Bertz CT molecular complexity index is 1740. The molecule has 54 heavy (non-hydrogen) atoms. The Labute approximate surface area is 321 Å². The summed E-state index contributed by atoms with van der Waals surface area (Å²) < 4.78 is 12.1. The van der Waals surface area contributed by atoms with E-state index < -0.39 is 5.91 Å². The van der Waals surface area contributed by atoms with Gasteiger partial charge >= 0.3 is 0 Å². The summed E-state index contributed by atoms with van der Waals surface area (Å²) in [6.07, 6.45) is 5.25. The number of likely N-dealkylation sites (tertiary alicyclic amines) is 1. The molecule has 1 aromatic heterocycles. The summed E-state index contributed by atoms with van der Waals surface area (Å²) in [5, 5.41) is 20.6. The lowest BCUT2D eigenvalue weighted by molar-refractivity contribution is -0.933. The number of carbonyl (C=O) groups is 3. The number of halogens is 1. The standard InChI is InChI=1S/C38H47ClN10O5/c1-47(19-17-40)32(50)25-53-30-13-9-27(10-14-30)6-3-21-49(22-4-7-28-11-15-31(16-12-28)54-26-33(51)48(2)20-18-41)23-5-8-29(24-49)44-38(52)34-36(42)46-37(43)35(39)45-34/h9-16,29H,3-8,19-26H2,1-2H3,(H4-,42,43,44,46,52)/p+1/t29-/m0/s1. The number of likely N-dealkylation sites (N-methyl/N-ethyl adjacent to an activating group) is 2. The van der Waals surface area contributed by atoms with Crippen LogP contribution < -0.4 is 26.3 Å². The lowest BCUT2D eigenvalue weighted by atomic mass is 9.99. The molecule has 0 radical (unpaired) electrons. The fourth-order valence-electron chi connectivity index (χ4n) is 6.46. The van der Waals surface area contributed by atoms with Crippen molar-refractivity contribution in [1.29, 1.82) is 10.5 Å². The number of ether oxygens (including phenoxy) is 2. The number of piperidine rings is 1. The number of nitrogens with two attached hydrogens (primary N) is 2.